The lowest BCUT2D eigenvalue weighted by molar-refractivity contribution is -0.143. The summed E-state index contributed by atoms with van der Waals surface area (Å²) >= 11 is 0. The highest BCUT2D eigenvalue weighted by Gasteiger charge is 2.30. The molecule has 0 aromatic carbocycles. The number of amides is 1. The Labute approximate surface area is 123 Å². The fraction of sp³-hybridized carbons (Fsp3) is 0.667. The number of carboxylic acid groups (broad SMARTS) is 1. The third kappa shape index (κ3) is 3.83. The summed E-state index contributed by atoms with van der Waals surface area (Å²) < 4.78 is 5.04. The maximum atomic E-state index is 12.2. The summed E-state index contributed by atoms with van der Waals surface area (Å²) in [5, 5.41) is 16.0. The second-order valence-corrected chi connectivity index (χ2v) is 5.74. The number of rotatable bonds is 4. The minimum absolute atomic E-state index is 0.164. The van der Waals surface area contributed by atoms with E-state index in [0.29, 0.717) is 17.9 Å². The molecule has 0 bridgehead atoms. The van der Waals surface area contributed by atoms with Gasteiger partial charge < -0.3 is 14.9 Å². The SMILES string of the molecule is Cc1noc(C)c1CC(=O)NC1CCCCCC1C(=O)O. The molecule has 0 spiro atoms. The molecule has 1 fully saturated rings. The Hall–Kier alpha value is -1.85. The molecule has 2 rings (SSSR count). The van der Waals surface area contributed by atoms with Gasteiger partial charge in [-0.15, -0.1) is 0 Å². The molecular formula is C15H22N2O4. The number of aromatic nitrogens is 1. The van der Waals surface area contributed by atoms with E-state index in [4.69, 9.17) is 4.52 Å². The summed E-state index contributed by atoms with van der Waals surface area (Å²) in [6, 6.07) is -0.280. The van der Waals surface area contributed by atoms with Crippen LogP contribution >= 0.6 is 0 Å². The van der Waals surface area contributed by atoms with Crippen LogP contribution in [0.3, 0.4) is 0 Å². The van der Waals surface area contributed by atoms with Gasteiger partial charge in [-0.05, 0) is 26.7 Å². The van der Waals surface area contributed by atoms with Crippen molar-refractivity contribution in [1.82, 2.24) is 10.5 Å². The van der Waals surface area contributed by atoms with Crippen molar-refractivity contribution in [3.63, 3.8) is 0 Å². The molecule has 1 aliphatic carbocycles. The van der Waals surface area contributed by atoms with Crippen molar-refractivity contribution in [2.45, 2.75) is 58.4 Å². The minimum Gasteiger partial charge on any atom is -0.481 e. The van der Waals surface area contributed by atoms with Crippen LogP contribution in [0.5, 0.6) is 0 Å². The van der Waals surface area contributed by atoms with Gasteiger partial charge in [-0.3, -0.25) is 9.59 Å². The quantitative estimate of drug-likeness (QED) is 0.828. The second kappa shape index (κ2) is 6.74. The van der Waals surface area contributed by atoms with Gasteiger partial charge in [0.1, 0.15) is 5.76 Å². The van der Waals surface area contributed by atoms with Crippen LogP contribution in [0.15, 0.2) is 4.52 Å². The smallest absolute Gasteiger partial charge is 0.308 e. The molecule has 0 radical (unpaired) electrons. The predicted octanol–water partition coefficient (Wildman–Crippen LogP) is 1.98. The van der Waals surface area contributed by atoms with E-state index in [1.54, 1.807) is 13.8 Å². The van der Waals surface area contributed by atoms with E-state index in [9.17, 15) is 14.7 Å². The normalized spacial score (nSPS) is 22.6. The first-order chi connectivity index (χ1) is 9.99. The van der Waals surface area contributed by atoms with Gasteiger partial charge in [0.15, 0.2) is 0 Å². The summed E-state index contributed by atoms with van der Waals surface area (Å²) in [5.74, 6) is -0.832. The lowest BCUT2D eigenvalue weighted by atomic mass is 9.94. The maximum Gasteiger partial charge on any atom is 0.308 e. The van der Waals surface area contributed by atoms with Gasteiger partial charge in [-0.1, -0.05) is 24.4 Å². The van der Waals surface area contributed by atoms with Crippen molar-refractivity contribution < 1.29 is 19.2 Å². The molecule has 2 N–H and O–H groups in total. The third-order valence-corrected chi connectivity index (χ3v) is 4.20. The van der Waals surface area contributed by atoms with E-state index in [0.717, 1.165) is 31.2 Å². The third-order valence-electron chi connectivity index (χ3n) is 4.20. The van der Waals surface area contributed by atoms with E-state index in [-0.39, 0.29) is 18.4 Å². The van der Waals surface area contributed by atoms with E-state index >= 15 is 0 Å². The fourth-order valence-corrected chi connectivity index (χ4v) is 2.95. The summed E-state index contributed by atoms with van der Waals surface area (Å²) in [7, 11) is 0. The highest BCUT2D eigenvalue weighted by molar-refractivity contribution is 5.80. The van der Waals surface area contributed by atoms with Gasteiger partial charge in [0.05, 0.1) is 18.0 Å². The minimum atomic E-state index is -0.820. The zero-order valence-corrected chi connectivity index (χ0v) is 12.5. The average molecular weight is 294 g/mol. The van der Waals surface area contributed by atoms with Crippen LogP contribution in [0.2, 0.25) is 0 Å². The standard InChI is InChI=1S/C15H22N2O4/c1-9-12(10(2)21-17-9)8-14(18)16-13-7-5-3-4-6-11(13)15(19)20/h11,13H,3-8H2,1-2H3,(H,16,18)(H,19,20). The largest absolute Gasteiger partial charge is 0.481 e. The van der Waals surface area contributed by atoms with Gasteiger partial charge in [0.2, 0.25) is 5.91 Å². The Morgan fingerprint density at radius 2 is 2.00 bits per heavy atom. The first-order valence-electron chi connectivity index (χ1n) is 7.43. The topological polar surface area (TPSA) is 92.4 Å². The van der Waals surface area contributed by atoms with Crippen LogP contribution in [0, 0.1) is 19.8 Å². The van der Waals surface area contributed by atoms with Gasteiger partial charge in [0, 0.05) is 11.6 Å². The van der Waals surface area contributed by atoms with Crippen LogP contribution in [-0.2, 0) is 16.0 Å². The highest BCUT2D eigenvalue weighted by Crippen LogP contribution is 2.24. The van der Waals surface area contributed by atoms with Gasteiger partial charge in [-0.2, -0.15) is 0 Å². The van der Waals surface area contributed by atoms with Crippen molar-refractivity contribution >= 4 is 11.9 Å². The summed E-state index contributed by atoms with van der Waals surface area (Å²) in [6.07, 6.45) is 4.44. The Morgan fingerprint density at radius 3 is 2.62 bits per heavy atom. The molecule has 1 aliphatic rings. The molecule has 2 atom stereocenters. The molecule has 116 valence electrons. The highest BCUT2D eigenvalue weighted by atomic mass is 16.5. The zero-order chi connectivity index (χ0) is 15.4. The number of carbonyl (C=O) groups excluding carboxylic acids is 1. The van der Waals surface area contributed by atoms with Gasteiger partial charge in [0.25, 0.3) is 0 Å². The molecule has 1 saturated carbocycles. The number of aliphatic carboxylic acids is 1. The van der Waals surface area contributed by atoms with Crippen molar-refractivity contribution in [1.29, 1.82) is 0 Å². The molecule has 21 heavy (non-hydrogen) atoms. The predicted molar refractivity (Wildman–Crippen MR) is 75.8 cm³/mol. The molecule has 1 amide bonds. The fourth-order valence-electron chi connectivity index (χ4n) is 2.95. The zero-order valence-electron chi connectivity index (χ0n) is 12.5. The van der Waals surface area contributed by atoms with Crippen molar-refractivity contribution in [2.24, 2.45) is 5.92 Å². The van der Waals surface area contributed by atoms with Gasteiger partial charge in [-0.25, -0.2) is 0 Å². The summed E-state index contributed by atoms with van der Waals surface area (Å²) in [4.78, 5) is 23.5. The van der Waals surface area contributed by atoms with Crippen LogP contribution < -0.4 is 5.32 Å². The van der Waals surface area contributed by atoms with Crippen LogP contribution in [-0.4, -0.2) is 28.2 Å². The molecule has 1 aromatic rings. The Kier molecular flexibility index (Phi) is 4.98. The molecular weight excluding hydrogens is 272 g/mol. The second-order valence-electron chi connectivity index (χ2n) is 5.74. The monoisotopic (exact) mass is 294 g/mol. The van der Waals surface area contributed by atoms with E-state index in [1.807, 2.05) is 0 Å². The Bertz CT molecular complexity index is 504. The first kappa shape index (κ1) is 15.5. The lowest BCUT2D eigenvalue weighted by Crippen LogP contribution is -2.43. The Morgan fingerprint density at radius 1 is 1.29 bits per heavy atom. The summed E-state index contributed by atoms with van der Waals surface area (Å²) in [5.41, 5.74) is 1.49. The van der Waals surface area contributed by atoms with E-state index in [2.05, 4.69) is 10.5 Å². The number of carbonyl (C=O) groups is 2. The molecule has 1 aromatic heterocycles. The average Bonchev–Trinajstić information content (AvgIpc) is 2.66. The number of carboxylic acids is 1. The van der Waals surface area contributed by atoms with Crippen molar-refractivity contribution in [2.75, 3.05) is 0 Å². The van der Waals surface area contributed by atoms with Crippen molar-refractivity contribution in [3.8, 4) is 0 Å². The van der Waals surface area contributed by atoms with Crippen molar-refractivity contribution in [3.05, 3.63) is 17.0 Å². The van der Waals surface area contributed by atoms with Crippen LogP contribution in [0.4, 0.5) is 0 Å². The van der Waals surface area contributed by atoms with Crippen LogP contribution in [0.25, 0.3) is 0 Å². The first-order valence-corrected chi connectivity index (χ1v) is 7.43. The van der Waals surface area contributed by atoms with E-state index < -0.39 is 11.9 Å². The maximum absolute atomic E-state index is 12.2. The number of hydrogen-bond donors (Lipinski definition) is 2. The number of nitrogens with one attached hydrogen (secondary N) is 1. The molecule has 1 heterocycles. The number of nitrogens with zero attached hydrogens (tertiary/aromatic N) is 1. The lowest BCUT2D eigenvalue weighted by Gasteiger charge is -2.22. The molecule has 6 heteroatoms. The molecule has 2 unspecified atom stereocenters. The molecule has 0 saturated heterocycles. The van der Waals surface area contributed by atoms with Gasteiger partial charge >= 0.3 is 5.97 Å². The summed E-state index contributed by atoms with van der Waals surface area (Å²) in [6.45, 7) is 3.57. The molecule has 0 aliphatic heterocycles. The number of hydrogen-bond acceptors (Lipinski definition) is 4. The number of aryl methyl sites for hydroxylation is 2. The Balaban J connectivity index is 2.01. The van der Waals surface area contributed by atoms with E-state index in [1.165, 1.54) is 0 Å². The molecule has 6 nitrogen and oxygen atoms in total. The van der Waals surface area contributed by atoms with Crippen LogP contribution in [0.1, 0.15) is 49.1 Å².